The first kappa shape index (κ1) is 18.7. The largest absolute Gasteiger partial charge is 0.491 e. The first-order valence-corrected chi connectivity index (χ1v) is 8.77. The van der Waals surface area contributed by atoms with Gasteiger partial charge >= 0.3 is 0 Å². The van der Waals surface area contributed by atoms with Crippen molar-refractivity contribution < 1.29 is 9.53 Å². The van der Waals surface area contributed by atoms with Crippen LogP contribution in [0.5, 0.6) is 5.75 Å². The molecule has 0 aliphatic carbocycles. The van der Waals surface area contributed by atoms with Crippen molar-refractivity contribution in [2.75, 3.05) is 12.8 Å². The quantitative estimate of drug-likeness (QED) is 0.602. The lowest BCUT2D eigenvalue weighted by Gasteiger charge is -2.11. The number of methoxy groups -OCH3 is 1. The van der Waals surface area contributed by atoms with Gasteiger partial charge in [-0.3, -0.25) is 4.79 Å². The Kier molecular flexibility index (Phi) is 5.61. The summed E-state index contributed by atoms with van der Waals surface area (Å²) in [5, 5.41) is 3.32. The summed E-state index contributed by atoms with van der Waals surface area (Å²) >= 11 is 6.25. The lowest BCUT2D eigenvalue weighted by Crippen LogP contribution is -2.32. The van der Waals surface area contributed by atoms with Crippen molar-refractivity contribution in [3.8, 4) is 5.75 Å². The first-order chi connectivity index (χ1) is 13.0. The number of nitrogen functional groups attached to an aromatic ring is 1. The Labute approximate surface area is 161 Å². The van der Waals surface area contributed by atoms with E-state index in [0.29, 0.717) is 28.6 Å². The minimum Gasteiger partial charge on any atom is -0.491 e. The Balaban J connectivity index is 1.61. The van der Waals surface area contributed by atoms with Gasteiger partial charge in [-0.25, -0.2) is 9.97 Å². The zero-order chi connectivity index (χ0) is 19.4. The number of hydrogen-bond acceptors (Lipinski definition) is 5. The molecular formula is C19H20ClN5O2. The Morgan fingerprint density at radius 2 is 2.22 bits per heavy atom. The third kappa shape index (κ3) is 4.20. The number of amides is 1. The summed E-state index contributed by atoms with van der Waals surface area (Å²) in [7, 11) is 1.49. The van der Waals surface area contributed by atoms with Crippen LogP contribution in [-0.4, -0.2) is 34.0 Å². The zero-order valence-corrected chi connectivity index (χ0v) is 15.7. The molecule has 1 aromatic carbocycles. The van der Waals surface area contributed by atoms with Gasteiger partial charge in [0.2, 0.25) is 0 Å². The van der Waals surface area contributed by atoms with Gasteiger partial charge in [-0.2, -0.15) is 0 Å². The third-order valence-corrected chi connectivity index (χ3v) is 4.39. The van der Waals surface area contributed by atoms with E-state index < -0.39 is 0 Å². The van der Waals surface area contributed by atoms with Crippen molar-refractivity contribution in [2.45, 2.75) is 19.4 Å². The van der Waals surface area contributed by atoms with Crippen molar-refractivity contribution in [3.63, 3.8) is 0 Å². The molecule has 7 nitrogen and oxygen atoms in total. The number of imidazole rings is 1. The lowest BCUT2D eigenvalue weighted by molar-refractivity contribution is 0.0931. The smallest absolute Gasteiger partial charge is 0.287 e. The van der Waals surface area contributed by atoms with Crippen LogP contribution in [-0.2, 0) is 0 Å². The van der Waals surface area contributed by atoms with Gasteiger partial charge in [-0.05, 0) is 25.5 Å². The number of aromatic amines is 1. The predicted molar refractivity (Wildman–Crippen MR) is 107 cm³/mol. The normalized spacial score (nSPS) is 12.4. The summed E-state index contributed by atoms with van der Waals surface area (Å²) in [5.74, 6) is 0.639. The second-order valence-electron chi connectivity index (χ2n) is 6.06. The highest BCUT2D eigenvalue weighted by Crippen LogP contribution is 2.32. The number of anilines is 1. The summed E-state index contributed by atoms with van der Waals surface area (Å²) in [5.41, 5.74) is 8.00. The number of H-pyrrole nitrogens is 1. The number of fused-ring (bicyclic) bond motifs is 1. The number of carbonyl (C=O) groups is 1. The number of nitrogens with two attached hydrogens (primary N) is 1. The minimum absolute atomic E-state index is 0.0932. The maximum atomic E-state index is 12.3. The number of rotatable bonds is 6. The summed E-state index contributed by atoms with van der Waals surface area (Å²) in [6, 6.07) is 7.41. The molecular weight excluding hydrogens is 366 g/mol. The van der Waals surface area contributed by atoms with E-state index in [1.165, 1.54) is 7.11 Å². The summed E-state index contributed by atoms with van der Waals surface area (Å²) in [6.07, 6.45) is 5.91. The molecule has 0 saturated heterocycles. The molecule has 0 aliphatic rings. The number of pyridine rings is 1. The van der Waals surface area contributed by atoms with Crippen LogP contribution in [0.2, 0.25) is 5.02 Å². The molecule has 0 unspecified atom stereocenters. The van der Waals surface area contributed by atoms with Crippen LogP contribution >= 0.6 is 11.6 Å². The van der Waals surface area contributed by atoms with E-state index in [4.69, 9.17) is 22.1 Å². The van der Waals surface area contributed by atoms with Crippen LogP contribution in [0.25, 0.3) is 17.1 Å². The molecule has 27 heavy (non-hydrogen) atoms. The highest BCUT2D eigenvalue weighted by Gasteiger charge is 2.14. The van der Waals surface area contributed by atoms with Crippen molar-refractivity contribution in [1.29, 1.82) is 0 Å². The molecule has 140 valence electrons. The van der Waals surface area contributed by atoms with Crippen LogP contribution < -0.4 is 15.8 Å². The van der Waals surface area contributed by atoms with Gasteiger partial charge in [0.1, 0.15) is 0 Å². The molecule has 4 N–H and O–H groups in total. The standard InChI is InChI=1S/C19H20ClN5O2/c1-11(6-5-7-12-10-22-17(21)16(27-2)15(12)20)23-19(26)18-24-13-8-3-4-9-14(13)25-18/h3-5,7-11H,6H2,1-2H3,(H2,21,22)(H,23,26)(H,24,25)/b7-5+/t11-/m0/s1. The molecule has 1 atom stereocenters. The van der Waals surface area contributed by atoms with Crippen LogP contribution in [0.15, 0.2) is 36.5 Å². The van der Waals surface area contributed by atoms with E-state index in [2.05, 4.69) is 20.3 Å². The number of nitrogens with zero attached hydrogens (tertiary/aromatic N) is 2. The van der Waals surface area contributed by atoms with E-state index in [1.807, 2.05) is 43.3 Å². The van der Waals surface area contributed by atoms with Gasteiger partial charge in [0.25, 0.3) is 5.91 Å². The molecule has 0 saturated carbocycles. The Morgan fingerprint density at radius 3 is 2.96 bits per heavy atom. The molecule has 2 heterocycles. The predicted octanol–water partition coefficient (Wildman–Crippen LogP) is 3.42. The van der Waals surface area contributed by atoms with Crippen molar-refractivity contribution in [2.24, 2.45) is 0 Å². The number of halogens is 1. The lowest BCUT2D eigenvalue weighted by atomic mass is 10.2. The number of nitrogens with one attached hydrogen (secondary N) is 2. The minimum atomic E-state index is -0.249. The van der Waals surface area contributed by atoms with Crippen molar-refractivity contribution in [3.05, 3.63) is 52.9 Å². The number of aromatic nitrogens is 3. The van der Waals surface area contributed by atoms with Crippen LogP contribution in [0.4, 0.5) is 5.82 Å². The third-order valence-electron chi connectivity index (χ3n) is 4.00. The molecule has 0 radical (unpaired) electrons. The fraction of sp³-hybridized carbons (Fsp3) is 0.211. The van der Waals surface area contributed by atoms with Crippen LogP contribution in [0.3, 0.4) is 0 Å². The summed E-state index contributed by atoms with van der Waals surface area (Å²) in [4.78, 5) is 23.7. The molecule has 0 bridgehead atoms. The molecule has 0 aliphatic heterocycles. The molecule has 2 aromatic heterocycles. The number of para-hydroxylation sites is 2. The van der Waals surface area contributed by atoms with Crippen LogP contribution in [0.1, 0.15) is 29.5 Å². The maximum Gasteiger partial charge on any atom is 0.287 e. The Bertz CT molecular complexity index is 966. The average Bonchev–Trinajstić information content (AvgIpc) is 3.08. The van der Waals surface area contributed by atoms with Gasteiger partial charge in [0.05, 0.1) is 23.2 Å². The second-order valence-corrected chi connectivity index (χ2v) is 6.44. The van der Waals surface area contributed by atoms with Crippen molar-refractivity contribution in [1.82, 2.24) is 20.3 Å². The van der Waals surface area contributed by atoms with Gasteiger partial charge in [0, 0.05) is 17.8 Å². The highest BCUT2D eigenvalue weighted by atomic mass is 35.5. The molecule has 3 rings (SSSR count). The van der Waals surface area contributed by atoms with E-state index in [0.717, 1.165) is 11.0 Å². The second kappa shape index (κ2) is 8.09. The monoisotopic (exact) mass is 385 g/mol. The van der Waals surface area contributed by atoms with Gasteiger partial charge < -0.3 is 20.8 Å². The van der Waals surface area contributed by atoms with Crippen LogP contribution in [0, 0.1) is 0 Å². The average molecular weight is 386 g/mol. The molecule has 0 fully saturated rings. The fourth-order valence-corrected chi connectivity index (χ4v) is 2.90. The summed E-state index contributed by atoms with van der Waals surface area (Å²) in [6.45, 7) is 1.91. The van der Waals surface area contributed by atoms with E-state index in [-0.39, 0.29) is 17.8 Å². The molecule has 0 spiro atoms. The maximum absolute atomic E-state index is 12.3. The molecule has 3 aromatic rings. The van der Waals surface area contributed by atoms with Gasteiger partial charge in [0.15, 0.2) is 17.4 Å². The summed E-state index contributed by atoms with van der Waals surface area (Å²) < 4.78 is 5.15. The number of benzene rings is 1. The Morgan fingerprint density at radius 1 is 1.44 bits per heavy atom. The highest BCUT2D eigenvalue weighted by molar-refractivity contribution is 6.33. The Hall–Kier alpha value is -3.06. The fourth-order valence-electron chi connectivity index (χ4n) is 2.62. The SMILES string of the molecule is COc1c(N)ncc(/C=C/C[C@H](C)NC(=O)c2nc3ccccc3[nH]2)c1Cl. The number of hydrogen-bond donors (Lipinski definition) is 3. The van der Waals surface area contributed by atoms with E-state index >= 15 is 0 Å². The number of carbonyl (C=O) groups excluding carboxylic acids is 1. The van der Waals surface area contributed by atoms with Crippen molar-refractivity contribution >= 4 is 40.4 Å². The van der Waals surface area contributed by atoms with Gasteiger partial charge in [-0.15, -0.1) is 0 Å². The first-order valence-electron chi connectivity index (χ1n) is 8.39. The molecule has 8 heteroatoms. The molecule has 1 amide bonds. The van der Waals surface area contributed by atoms with E-state index in [1.54, 1.807) is 6.20 Å². The topological polar surface area (TPSA) is 106 Å². The van der Waals surface area contributed by atoms with Gasteiger partial charge in [-0.1, -0.05) is 35.9 Å². The van der Waals surface area contributed by atoms with E-state index in [9.17, 15) is 4.79 Å². The zero-order valence-electron chi connectivity index (χ0n) is 15.0. The number of ether oxygens (including phenoxy) is 1.